The Morgan fingerprint density at radius 2 is 2.25 bits per heavy atom. The number of rotatable bonds is 4. The third-order valence-electron chi connectivity index (χ3n) is 0.997. The molecule has 0 aromatic heterocycles. The molecule has 48 valence electrons. The molecular weight excluding hydrogens is 122 g/mol. The maximum absolute atomic E-state index is 5.45. The van der Waals surface area contributed by atoms with E-state index >= 15 is 0 Å². The first-order chi connectivity index (χ1) is 3.81. The molecule has 0 N–H and O–H groups in total. The average Bonchev–Trinajstić information content (AvgIpc) is 1.83. The Labute approximate surface area is 56.0 Å². The van der Waals surface area contributed by atoms with Gasteiger partial charge in [-0.2, -0.15) is 0 Å². The van der Waals surface area contributed by atoms with Gasteiger partial charge in [-0.05, 0) is 0 Å². The fourth-order valence-corrected chi connectivity index (χ4v) is 0.561. The van der Waals surface area contributed by atoms with Crippen molar-refractivity contribution in [2.45, 2.75) is 19.8 Å². The first-order valence-electron chi connectivity index (χ1n) is 2.92. The quantitative estimate of drug-likeness (QED) is 0.238. The summed E-state index contributed by atoms with van der Waals surface area (Å²) < 4.78 is 1.85. The highest BCUT2D eigenvalue weighted by atomic mass is 35.5. The van der Waals surface area contributed by atoms with Gasteiger partial charge in [0.25, 0.3) is 0 Å². The predicted octanol–water partition coefficient (Wildman–Crippen LogP) is 1.70. The van der Waals surface area contributed by atoms with Crippen LogP contribution in [0.1, 0.15) is 19.8 Å². The molecule has 0 aliphatic carbocycles. The van der Waals surface area contributed by atoms with Crippen molar-refractivity contribution >= 4 is 18.3 Å². The van der Waals surface area contributed by atoms with Gasteiger partial charge in [-0.25, -0.2) is 4.58 Å². The minimum absolute atomic E-state index is 0.542. The Balaban J connectivity index is 2.99. The minimum atomic E-state index is 0.542. The summed E-state index contributed by atoms with van der Waals surface area (Å²) in [7, 11) is 0. The maximum Gasteiger partial charge on any atom is 0.216 e. The summed E-state index contributed by atoms with van der Waals surface area (Å²) >= 11 is 5.45. The third-order valence-corrected chi connectivity index (χ3v) is 1.33. The van der Waals surface area contributed by atoms with E-state index in [1.165, 1.54) is 12.8 Å². The Morgan fingerprint density at radius 1 is 1.62 bits per heavy atom. The van der Waals surface area contributed by atoms with Crippen LogP contribution in [-0.4, -0.2) is 23.8 Å². The molecule has 0 aliphatic heterocycles. The van der Waals surface area contributed by atoms with Gasteiger partial charge in [0.05, 0.1) is 0 Å². The lowest BCUT2D eigenvalue weighted by Gasteiger charge is -1.92. The van der Waals surface area contributed by atoms with Crippen molar-refractivity contribution in [1.82, 2.24) is 0 Å². The Morgan fingerprint density at radius 3 is 2.62 bits per heavy atom. The van der Waals surface area contributed by atoms with Gasteiger partial charge in [0.1, 0.15) is 13.3 Å². The fraction of sp³-hybridized carbons (Fsp3) is 0.833. The van der Waals surface area contributed by atoms with E-state index in [1.807, 2.05) is 4.58 Å². The van der Waals surface area contributed by atoms with Crippen LogP contribution in [0.5, 0.6) is 0 Å². The second-order valence-electron chi connectivity index (χ2n) is 1.87. The molecule has 0 atom stereocenters. The standard InChI is InChI=1S/C6H13ClN/c1-3-4-5-8(2)6-7/h2-6H2,1H3/q+1. The number of hydrogen-bond donors (Lipinski definition) is 0. The molecule has 0 unspecified atom stereocenters. The highest BCUT2D eigenvalue weighted by Gasteiger charge is 1.92. The van der Waals surface area contributed by atoms with E-state index < -0.39 is 0 Å². The molecule has 1 nitrogen and oxygen atoms in total. The highest BCUT2D eigenvalue weighted by Crippen LogP contribution is 1.87. The lowest BCUT2D eigenvalue weighted by atomic mass is 10.3. The van der Waals surface area contributed by atoms with E-state index in [-0.39, 0.29) is 0 Å². The van der Waals surface area contributed by atoms with Crippen LogP contribution < -0.4 is 0 Å². The van der Waals surface area contributed by atoms with Crippen molar-refractivity contribution in [1.29, 1.82) is 0 Å². The molecular formula is C6H13ClN+. The van der Waals surface area contributed by atoms with Crippen molar-refractivity contribution in [2.24, 2.45) is 0 Å². The molecule has 0 bridgehead atoms. The fourth-order valence-electron chi connectivity index (χ4n) is 0.441. The minimum Gasteiger partial charge on any atom is -0.228 e. The average molecular weight is 135 g/mol. The van der Waals surface area contributed by atoms with Crippen LogP contribution in [0.15, 0.2) is 0 Å². The SMILES string of the molecule is C=[N+](CCl)CCCC. The second kappa shape index (κ2) is 5.10. The van der Waals surface area contributed by atoms with Gasteiger partial charge in [-0.1, -0.05) is 24.9 Å². The van der Waals surface area contributed by atoms with Crippen molar-refractivity contribution in [3.63, 3.8) is 0 Å². The van der Waals surface area contributed by atoms with Gasteiger partial charge < -0.3 is 0 Å². The predicted molar refractivity (Wildman–Crippen MR) is 37.9 cm³/mol. The van der Waals surface area contributed by atoms with Gasteiger partial charge in [0, 0.05) is 6.42 Å². The molecule has 0 aliphatic rings. The maximum atomic E-state index is 5.45. The van der Waals surface area contributed by atoms with E-state index in [2.05, 4.69) is 13.6 Å². The van der Waals surface area contributed by atoms with Gasteiger partial charge in [0.2, 0.25) is 6.00 Å². The zero-order valence-corrected chi connectivity index (χ0v) is 6.12. The summed E-state index contributed by atoms with van der Waals surface area (Å²) in [5.41, 5.74) is 0. The van der Waals surface area contributed by atoms with Crippen LogP contribution in [0.4, 0.5) is 0 Å². The number of halogens is 1. The smallest absolute Gasteiger partial charge is 0.216 e. The number of nitrogens with zero attached hydrogens (tertiary/aromatic N) is 1. The Hall–Kier alpha value is -0.0400. The topological polar surface area (TPSA) is 3.01 Å². The molecule has 0 fully saturated rings. The van der Waals surface area contributed by atoms with Crippen LogP contribution >= 0.6 is 11.6 Å². The van der Waals surface area contributed by atoms with Crippen LogP contribution in [-0.2, 0) is 0 Å². The summed E-state index contributed by atoms with van der Waals surface area (Å²) in [6, 6.07) is 0.542. The zero-order chi connectivity index (χ0) is 6.41. The van der Waals surface area contributed by atoms with Crippen LogP contribution in [0, 0.1) is 0 Å². The third kappa shape index (κ3) is 4.13. The summed E-state index contributed by atoms with van der Waals surface area (Å²) in [6.07, 6.45) is 2.40. The molecule has 0 saturated carbocycles. The van der Waals surface area contributed by atoms with Crippen LogP contribution in [0.3, 0.4) is 0 Å². The normalized spacial score (nSPS) is 9.25. The number of unbranched alkanes of at least 4 members (excludes halogenated alkanes) is 1. The first-order valence-corrected chi connectivity index (χ1v) is 3.46. The van der Waals surface area contributed by atoms with Crippen molar-refractivity contribution in [3.8, 4) is 0 Å². The van der Waals surface area contributed by atoms with Crippen molar-refractivity contribution in [3.05, 3.63) is 0 Å². The van der Waals surface area contributed by atoms with Gasteiger partial charge in [-0.15, -0.1) is 0 Å². The molecule has 2 heteroatoms. The molecule has 0 amide bonds. The van der Waals surface area contributed by atoms with E-state index in [9.17, 15) is 0 Å². The molecule has 8 heavy (non-hydrogen) atoms. The van der Waals surface area contributed by atoms with Crippen LogP contribution in [0.25, 0.3) is 0 Å². The largest absolute Gasteiger partial charge is 0.228 e. The lowest BCUT2D eigenvalue weighted by Crippen LogP contribution is -2.07. The summed E-state index contributed by atoms with van der Waals surface area (Å²) in [5, 5.41) is 0. The molecule has 0 aromatic carbocycles. The molecule has 0 rings (SSSR count). The van der Waals surface area contributed by atoms with E-state index in [0.29, 0.717) is 6.00 Å². The second-order valence-corrected chi connectivity index (χ2v) is 2.11. The van der Waals surface area contributed by atoms with Crippen molar-refractivity contribution < 1.29 is 4.58 Å². The Kier molecular flexibility index (Phi) is 5.08. The lowest BCUT2D eigenvalue weighted by molar-refractivity contribution is -0.501. The van der Waals surface area contributed by atoms with Crippen molar-refractivity contribution in [2.75, 3.05) is 12.5 Å². The zero-order valence-electron chi connectivity index (χ0n) is 5.36. The van der Waals surface area contributed by atoms with Gasteiger partial charge in [-0.3, -0.25) is 0 Å². The van der Waals surface area contributed by atoms with E-state index in [0.717, 1.165) is 6.54 Å². The molecule has 0 saturated heterocycles. The number of alkyl halides is 1. The summed E-state index contributed by atoms with van der Waals surface area (Å²) in [4.78, 5) is 0. The van der Waals surface area contributed by atoms with Gasteiger partial charge in [0.15, 0.2) is 0 Å². The number of hydrogen-bond acceptors (Lipinski definition) is 0. The molecule has 0 aromatic rings. The molecule has 0 radical (unpaired) electrons. The monoisotopic (exact) mass is 134 g/mol. The first kappa shape index (κ1) is 7.96. The van der Waals surface area contributed by atoms with Crippen LogP contribution in [0.2, 0.25) is 0 Å². The van der Waals surface area contributed by atoms with Gasteiger partial charge >= 0.3 is 0 Å². The highest BCUT2D eigenvalue weighted by molar-refractivity contribution is 6.16. The van der Waals surface area contributed by atoms with E-state index in [1.54, 1.807) is 0 Å². The summed E-state index contributed by atoms with van der Waals surface area (Å²) in [5.74, 6) is 0. The summed E-state index contributed by atoms with van der Waals surface area (Å²) in [6.45, 7) is 6.86. The van der Waals surface area contributed by atoms with E-state index in [4.69, 9.17) is 11.6 Å². The Bertz CT molecular complexity index is 70.9. The molecule has 0 spiro atoms. The molecule has 0 heterocycles.